The molecule has 1 aliphatic carbocycles. The van der Waals surface area contributed by atoms with Crippen molar-refractivity contribution in [3.05, 3.63) is 36.4 Å². The number of aliphatic hydroxyl groups excluding tert-OH is 1. The van der Waals surface area contributed by atoms with Gasteiger partial charge in [0.05, 0.1) is 11.8 Å². The first kappa shape index (κ1) is 25.7. The van der Waals surface area contributed by atoms with Crippen molar-refractivity contribution in [2.75, 3.05) is 43.5 Å². The normalized spacial score (nSPS) is 25.7. The summed E-state index contributed by atoms with van der Waals surface area (Å²) >= 11 is 0. The maximum Gasteiger partial charge on any atom is 0.247 e. The summed E-state index contributed by atoms with van der Waals surface area (Å²) in [4.78, 5) is 43.6. The van der Waals surface area contributed by atoms with E-state index in [2.05, 4.69) is 29.4 Å². The van der Waals surface area contributed by atoms with E-state index in [0.717, 1.165) is 18.8 Å². The number of nitrogens with one attached hydrogen (secondary N) is 2. The summed E-state index contributed by atoms with van der Waals surface area (Å²) in [5.74, 6) is -2.16. The van der Waals surface area contributed by atoms with Crippen molar-refractivity contribution < 1.29 is 19.5 Å². The van der Waals surface area contributed by atoms with Crippen molar-refractivity contribution in [3.8, 4) is 0 Å². The minimum absolute atomic E-state index is 0.0302. The second kappa shape index (κ2) is 11.5. The molecule has 8 nitrogen and oxygen atoms in total. The fourth-order valence-electron chi connectivity index (χ4n) is 5.35. The Labute approximate surface area is 202 Å². The van der Waals surface area contributed by atoms with Crippen LogP contribution in [0.5, 0.6) is 0 Å². The quantitative estimate of drug-likeness (QED) is 0.360. The summed E-state index contributed by atoms with van der Waals surface area (Å²) in [6, 6.07) is 7.01. The highest BCUT2D eigenvalue weighted by Gasteiger charge is 2.56. The summed E-state index contributed by atoms with van der Waals surface area (Å²) in [6.07, 6.45) is 5.02. The summed E-state index contributed by atoms with van der Waals surface area (Å²) < 4.78 is 0. The van der Waals surface area contributed by atoms with Crippen molar-refractivity contribution in [1.82, 2.24) is 10.2 Å². The van der Waals surface area contributed by atoms with E-state index < -0.39 is 17.9 Å². The van der Waals surface area contributed by atoms with Crippen LogP contribution >= 0.6 is 0 Å². The Kier molecular flexibility index (Phi) is 8.72. The van der Waals surface area contributed by atoms with Crippen LogP contribution in [0.3, 0.4) is 0 Å². The molecule has 1 aliphatic heterocycles. The molecule has 3 rings (SSSR count). The number of benzene rings is 1. The molecule has 1 fully saturated rings. The van der Waals surface area contributed by atoms with Gasteiger partial charge in [0.1, 0.15) is 6.04 Å². The van der Waals surface area contributed by atoms with Crippen LogP contribution in [0.2, 0.25) is 0 Å². The molecule has 0 aromatic heterocycles. The van der Waals surface area contributed by atoms with E-state index in [1.165, 1.54) is 0 Å². The minimum Gasteiger partial charge on any atom is -0.396 e. The van der Waals surface area contributed by atoms with Crippen LogP contribution in [-0.2, 0) is 14.4 Å². The van der Waals surface area contributed by atoms with E-state index in [0.29, 0.717) is 25.1 Å². The van der Waals surface area contributed by atoms with E-state index in [-0.39, 0.29) is 36.2 Å². The topological polar surface area (TPSA) is 102 Å². The van der Waals surface area contributed by atoms with Gasteiger partial charge in [-0.25, -0.2) is 0 Å². The van der Waals surface area contributed by atoms with Crippen LogP contribution in [0.15, 0.2) is 36.4 Å². The monoisotopic (exact) mass is 470 g/mol. The predicted molar refractivity (Wildman–Crippen MR) is 133 cm³/mol. The van der Waals surface area contributed by atoms with Gasteiger partial charge in [-0.3, -0.25) is 14.4 Å². The van der Waals surface area contributed by atoms with E-state index in [4.69, 9.17) is 0 Å². The summed E-state index contributed by atoms with van der Waals surface area (Å²) in [5.41, 5.74) is 1.76. The zero-order valence-electron chi connectivity index (χ0n) is 20.7. The molecule has 5 atom stereocenters. The maximum atomic E-state index is 13.5. The third-order valence-electron chi connectivity index (χ3n) is 7.16. The molecule has 1 aromatic carbocycles. The lowest BCUT2D eigenvalue weighted by Gasteiger charge is -2.32. The van der Waals surface area contributed by atoms with Gasteiger partial charge < -0.3 is 25.5 Å². The van der Waals surface area contributed by atoms with Crippen LogP contribution in [0.25, 0.3) is 0 Å². The number of carbonyl (C=O) groups excluding carboxylic acids is 3. The van der Waals surface area contributed by atoms with Crippen molar-refractivity contribution in [2.24, 2.45) is 23.7 Å². The predicted octanol–water partition coefficient (Wildman–Crippen LogP) is 2.26. The Morgan fingerprint density at radius 2 is 1.74 bits per heavy atom. The summed E-state index contributed by atoms with van der Waals surface area (Å²) in [5, 5.41) is 14.9. The number of carbonyl (C=O) groups is 3. The Bertz CT molecular complexity index is 897. The number of hydrogen-bond donors (Lipinski definition) is 3. The summed E-state index contributed by atoms with van der Waals surface area (Å²) in [7, 11) is 1.58. The molecule has 1 heterocycles. The molecule has 186 valence electrons. The first-order valence-electron chi connectivity index (χ1n) is 12.3. The number of nitrogens with zero attached hydrogens (tertiary/aromatic N) is 2. The molecular formula is C26H38N4O4. The van der Waals surface area contributed by atoms with Gasteiger partial charge in [0.15, 0.2) is 0 Å². The van der Waals surface area contributed by atoms with Crippen LogP contribution in [0.4, 0.5) is 11.4 Å². The van der Waals surface area contributed by atoms with Crippen molar-refractivity contribution in [3.63, 3.8) is 0 Å². The molecule has 0 bridgehead atoms. The van der Waals surface area contributed by atoms with Crippen LogP contribution in [0, 0.1) is 23.7 Å². The zero-order chi connectivity index (χ0) is 24.8. The second-order valence-corrected chi connectivity index (χ2v) is 9.10. The van der Waals surface area contributed by atoms with E-state index in [1.807, 2.05) is 43.3 Å². The highest BCUT2D eigenvalue weighted by atomic mass is 16.3. The standard InChI is InChI=1S/C26H38N4O4/c1-5-29(6-2)19-12-10-18(11-13-19)28-25(33)23-20-14-9-17(3)21(24(32)27-4)22(20)26(34)30(23)15-7-8-16-31/h9-14,17,20-23,31H,5-8,15-16H2,1-4H3,(H,27,32)(H,28,33)/t17-,20+,21-,22+,23+/m1/s1. The lowest BCUT2D eigenvalue weighted by Crippen LogP contribution is -2.45. The molecule has 2 aliphatic rings. The molecule has 0 radical (unpaired) electrons. The Hall–Kier alpha value is -2.87. The first-order chi connectivity index (χ1) is 16.4. The van der Waals surface area contributed by atoms with Gasteiger partial charge in [-0.15, -0.1) is 0 Å². The van der Waals surface area contributed by atoms with Gasteiger partial charge in [0.25, 0.3) is 0 Å². The summed E-state index contributed by atoms with van der Waals surface area (Å²) in [6.45, 7) is 8.33. The van der Waals surface area contributed by atoms with Gasteiger partial charge in [0.2, 0.25) is 17.7 Å². The van der Waals surface area contributed by atoms with Crippen LogP contribution < -0.4 is 15.5 Å². The first-order valence-corrected chi connectivity index (χ1v) is 12.3. The number of aliphatic hydroxyl groups is 1. The highest BCUT2D eigenvalue weighted by molar-refractivity contribution is 6.02. The minimum atomic E-state index is -0.699. The van der Waals surface area contributed by atoms with Crippen molar-refractivity contribution in [1.29, 1.82) is 0 Å². The van der Waals surface area contributed by atoms with Gasteiger partial charge in [0, 0.05) is 50.6 Å². The highest BCUT2D eigenvalue weighted by Crippen LogP contribution is 2.44. The average molecular weight is 471 g/mol. The Morgan fingerprint density at radius 3 is 2.32 bits per heavy atom. The van der Waals surface area contributed by atoms with E-state index in [9.17, 15) is 19.5 Å². The number of fused-ring (bicyclic) bond motifs is 1. The number of rotatable bonds is 10. The van der Waals surface area contributed by atoms with Crippen LogP contribution in [0.1, 0.15) is 33.6 Å². The second-order valence-electron chi connectivity index (χ2n) is 9.10. The van der Waals surface area contributed by atoms with Gasteiger partial charge >= 0.3 is 0 Å². The molecule has 0 saturated carbocycles. The van der Waals surface area contributed by atoms with E-state index in [1.54, 1.807) is 11.9 Å². The fraction of sp³-hybridized carbons (Fsp3) is 0.577. The van der Waals surface area contributed by atoms with E-state index >= 15 is 0 Å². The Morgan fingerprint density at radius 1 is 1.06 bits per heavy atom. The fourth-order valence-corrected chi connectivity index (χ4v) is 5.35. The third-order valence-corrected chi connectivity index (χ3v) is 7.16. The third kappa shape index (κ3) is 5.12. The number of unbranched alkanes of at least 4 members (excludes halogenated alkanes) is 1. The molecule has 3 N–H and O–H groups in total. The smallest absolute Gasteiger partial charge is 0.247 e. The lowest BCUT2D eigenvalue weighted by molar-refractivity contribution is -0.140. The van der Waals surface area contributed by atoms with Gasteiger partial charge in [-0.05, 0) is 56.9 Å². The number of amides is 3. The van der Waals surface area contributed by atoms with Gasteiger partial charge in [-0.2, -0.15) is 0 Å². The largest absolute Gasteiger partial charge is 0.396 e. The molecule has 3 amide bonds. The van der Waals surface area contributed by atoms with Gasteiger partial charge in [-0.1, -0.05) is 19.1 Å². The average Bonchev–Trinajstić information content (AvgIpc) is 3.12. The number of anilines is 2. The number of likely N-dealkylation sites (tertiary alicyclic amines) is 1. The molecule has 0 unspecified atom stereocenters. The molecule has 8 heteroatoms. The maximum absolute atomic E-state index is 13.5. The van der Waals surface area contributed by atoms with Crippen LogP contribution in [-0.4, -0.2) is 67.1 Å². The Balaban J connectivity index is 1.86. The lowest BCUT2D eigenvalue weighted by atomic mass is 9.70. The SMILES string of the molecule is CCN(CC)c1ccc(NC(=O)[C@@H]2[C@H]3C=C[C@@H](C)[C@@H](C(=O)NC)[C@H]3C(=O)N2CCCCO)cc1. The molecular weight excluding hydrogens is 432 g/mol. The molecule has 1 saturated heterocycles. The van der Waals surface area contributed by atoms with Crippen molar-refractivity contribution in [2.45, 2.75) is 39.7 Å². The molecule has 0 spiro atoms. The number of allylic oxidation sites excluding steroid dienone is 1. The number of hydrogen-bond acceptors (Lipinski definition) is 5. The zero-order valence-corrected chi connectivity index (χ0v) is 20.7. The molecule has 34 heavy (non-hydrogen) atoms. The molecule has 1 aromatic rings. The van der Waals surface area contributed by atoms with Crippen molar-refractivity contribution >= 4 is 29.1 Å².